The van der Waals surface area contributed by atoms with Crippen molar-refractivity contribution in [3.05, 3.63) is 0 Å². The summed E-state index contributed by atoms with van der Waals surface area (Å²) in [7, 11) is 0. The minimum absolute atomic E-state index is 0.156. The molecule has 3 atom stereocenters. The van der Waals surface area contributed by atoms with Gasteiger partial charge in [0.1, 0.15) is 0 Å². The van der Waals surface area contributed by atoms with E-state index in [-0.39, 0.29) is 6.10 Å². The van der Waals surface area contributed by atoms with Crippen LogP contribution in [0.1, 0.15) is 44.9 Å². The summed E-state index contributed by atoms with van der Waals surface area (Å²) in [5, 5.41) is 10.3. The van der Waals surface area contributed by atoms with Crippen LogP contribution in [0.2, 0.25) is 0 Å². The Morgan fingerprint density at radius 1 is 1.06 bits per heavy atom. The lowest BCUT2D eigenvalue weighted by molar-refractivity contribution is -0.131. The Bertz CT molecular complexity index is 321. The molecule has 1 N–H and O–H groups in total. The number of carbonyl (C=O) groups excluding carboxylic acids is 1. The fourth-order valence-electron chi connectivity index (χ4n) is 3.88. The Labute approximate surface area is 109 Å². The first-order chi connectivity index (χ1) is 8.75. The second-order valence-corrected chi connectivity index (χ2v) is 6.05. The summed E-state index contributed by atoms with van der Waals surface area (Å²) in [5.74, 6) is 0.334. The monoisotopic (exact) mass is 252 g/mol. The third-order valence-electron chi connectivity index (χ3n) is 4.94. The third kappa shape index (κ3) is 2.28. The normalized spacial score (nSPS) is 38.6. The molecule has 0 aromatic heterocycles. The van der Waals surface area contributed by atoms with Crippen molar-refractivity contribution in [3.63, 3.8) is 0 Å². The number of hydrogen-bond acceptors (Lipinski definition) is 3. The molecule has 1 aliphatic carbocycles. The first kappa shape index (κ1) is 12.4. The first-order valence-electron chi connectivity index (χ1n) is 7.47. The van der Waals surface area contributed by atoms with Gasteiger partial charge in [0.05, 0.1) is 6.10 Å². The highest BCUT2D eigenvalue weighted by molar-refractivity contribution is 5.78. The minimum Gasteiger partial charge on any atom is -0.391 e. The number of amides is 1. The maximum Gasteiger partial charge on any atom is 0.222 e. The topological polar surface area (TPSA) is 43.8 Å². The van der Waals surface area contributed by atoms with Crippen molar-refractivity contribution in [1.29, 1.82) is 0 Å². The molecule has 3 fully saturated rings. The zero-order chi connectivity index (χ0) is 12.5. The van der Waals surface area contributed by atoms with Gasteiger partial charge in [-0.2, -0.15) is 0 Å². The number of rotatable bonds is 1. The van der Waals surface area contributed by atoms with Gasteiger partial charge < -0.3 is 10.0 Å². The molecule has 3 unspecified atom stereocenters. The van der Waals surface area contributed by atoms with Gasteiger partial charge in [0.25, 0.3) is 0 Å². The number of nitrogens with zero attached hydrogens (tertiary/aromatic N) is 2. The summed E-state index contributed by atoms with van der Waals surface area (Å²) in [4.78, 5) is 16.2. The summed E-state index contributed by atoms with van der Waals surface area (Å²) in [6.45, 7) is 2.80. The van der Waals surface area contributed by atoms with Crippen molar-refractivity contribution < 1.29 is 9.90 Å². The molecule has 3 rings (SSSR count). The summed E-state index contributed by atoms with van der Waals surface area (Å²) in [5.41, 5.74) is 0. The molecule has 3 aliphatic rings. The van der Waals surface area contributed by atoms with Crippen molar-refractivity contribution in [2.45, 2.75) is 63.1 Å². The predicted octanol–water partition coefficient (Wildman–Crippen LogP) is 0.987. The lowest BCUT2D eigenvalue weighted by Gasteiger charge is -2.42. The van der Waals surface area contributed by atoms with E-state index in [4.69, 9.17) is 0 Å². The average Bonchev–Trinajstić information content (AvgIpc) is 2.61. The fraction of sp³-hybridized carbons (Fsp3) is 0.929. The smallest absolute Gasteiger partial charge is 0.222 e. The molecule has 0 aromatic rings. The van der Waals surface area contributed by atoms with Gasteiger partial charge >= 0.3 is 0 Å². The Morgan fingerprint density at radius 3 is 2.78 bits per heavy atom. The number of carbonyl (C=O) groups is 1. The van der Waals surface area contributed by atoms with E-state index in [1.165, 1.54) is 19.3 Å². The molecule has 0 aromatic carbocycles. The average molecular weight is 252 g/mol. The van der Waals surface area contributed by atoms with Gasteiger partial charge in [-0.25, -0.2) is 0 Å². The van der Waals surface area contributed by atoms with Crippen LogP contribution in [0.15, 0.2) is 0 Å². The molecule has 0 bridgehead atoms. The van der Waals surface area contributed by atoms with Crippen molar-refractivity contribution in [2.75, 3.05) is 19.6 Å². The van der Waals surface area contributed by atoms with Gasteiger partial charge in [-0.3, -0.25) is 9.69 Å². The van der Waals surface area contributed by atoms with Gasteiger partial charge in [-0.1, -0.05) is 19.3 Å². The lowest BCUT2D eigenvalue weighted by Crippen LogP contribution is -2.56. The van der Waals surface area contributed by atoms with E-state index in [0.29, 0.717) is 18.0 Å². The van der Waals surface area contributed by atoms with Crippen LogP contribution in [0.5, 0.6) is 0 Å². The summed E-state index contributed by atoms with van der Waals surface area (Å²) in [6.07, 6.45) is 7.33. The molecule has 2 saturated heterocycles. The van der Waals surface area contributed by atoms with Gasteiger partial charge in [0, 0.05) is 38.1 Å². The molecule has 4 heteroatoms. The van der Waals surface area contributed by atoms with E-state index in [1.54, 1.807) is 0 Å². The van der Waals surface area contributed by atoms with E-state index in [9.17, 15) is 9.90 Å². The third-order valence-corrected chi connectivity index (χ3v) is 4.94. The van der Waals surface area contributed by atoms with Crippen LogP contribution in [0.25, 0.3) is 0 Å². The second-order valence-electron chi connectivity index (χ2n) is 6.05. The molecule has 102 valence electrons. The van der Waals surface area contributed by atoms with E-state index in [1.807, 2.05) is 0 Å². The Balaban J connectivity index is 1.64. The quantitative estimate of drug-likeness (QED) is 0.708. The number of piperazine rings is 1. The van der Waals surface area contributed by atoms with E-state index in [2.05, 4.69) is 9.80 Å². The SMILES string of the molecule is O=C1CCC2CN(C3CCCCCC3O)CCN12. The van der Waals surface area contributed by atoms with Crippen LogP contribution >= 0.6 is 0 Å². The number of aliphatic hydroxyl groups excluding tert-OH is 1. The fourth-order valence-corrected chi connectivity index (χ4v) is 3.88. The van der Waals surface area contributed by atoms with E-state index < -0.39 is 0 Å². The number of hydrogen-bond donors (Lipinski definition) is 1. The Kier molecular flexibility index (Phi) is 3.57. The minimum atomic E-state index is -0.156. The summed E-state index contributed by atoms with van der Waals surface area (Å²) >= 11 is 0. The lowest BCUT2D eigenvalue weighted by atomic mass is 10.0. The molecule has 0 radical (unpaired) electrons. The van der Waals surface area contributed by atoms with Crippen LogP contribution in [0.4, 0.5) is 0 Å². The van der Waals surface area contributed by atoms with Crippen LogP contribution in [0.3, 0.4) is 0 Å². The Morgan fingerprint density at radius 2 is 1.89 bits per heavy atom. The number of aliphatic hydroxyl groups is 1. The van der Waals surface area contributed by atoms with Crippen molar-refractivity contribution in [2.24, 2.45) is 0 Å². The summed E-state index contributed by atoms with van der Waals surface area (Å²) < 4.78 is 0. The number of fused-ring (bicyclic) bond motifs is 1. The molecule has 2 aliphatic heterocycles. The maximum atomic E-state index is 11.7. The zero-order valence-corrected chi connectivity index (χ0v) is 11.1. The van der Waals surface area contributed by atoms with E-state index in [0.717, 1.165) is 45.3 Å². The molecule has 18 heavy (non-hydrogen) atoms. The Hall–Kier alpha value is -0.610. The van der Waals surface area contributed by atoms with Crippen LogP contribution in [0, 0.1) is 0 Å². The molecule has 0 spiro atoms. The highest BCUT2D eigenvalue weighted by Crippen LogP contribution is 2.28. The molecule has 4 nitrogen and oxygen atoms in total. The largest absolute Gasteiger partial charge is 0.391 e. The van der Waals surface area contributed by atoms with Gasteiger partial charge in [0.15, 0.2) is 0 Å². The highest BCUT2D eigenvalue weighted by atomic mass is 16.3. The van der Waals surface area contributed by atoms with Gasteiger partial charge in [-0.05, 0) is 19.3 Å². The molecular weight excluding hydrogens is 228 g/mol. The van der Waals surface area contributed by atoms with Crippen molar-refractivity contribution in [3.8, 4) is 0 Å². The van der Waals surface area contributed by atoms with Crippen LogP contribution < -0.4 is 0 Å². The van der Waals surface area contributed by atoms with Crippen LogP contribution in [-0.4, -0.2) is 58.6 Å². The van der Waals surface area contributed by atoms with E-state index >= 15 is 0 Å². The maximum absolute atomic E-state index is 11.7. The highest BCUT2D eigenvalue weighted by Gasteiger charge is 2.38. The van der Waals surface area contributed by atoms with Crippen molar-refractivity contribution >= 4 is 5.91 Å². The van der Waals surface area contributed by atoms with Gasteiger partial charge in [-0.15, -0.1) is 0 Å². The van der Waals surface area contributed by atoms with Crippen molar-refractivity contribution in [1.82, 2.24) is 9.80 Å². The second kappa shape index (κ2) is 5.17. The molecular formula is C14H24N2O2. The molecule has 1 saturated carbocycles. The molecule has 1 amide bonds. The predicted molar refractivity (Wildman–Crippen MR) is 69.2 cm³/mol. The first-order valence-corrected chi connectivity index (χ1v) is 7.47. The standard InChI is InChI=1S/C14H24N2O2/c17-13-5-3-1-2-4-12(13)15-8-9-16-11(10-15)6-7-14(16)18/h11-13,17H,1-10H2. The van der Waals surface area contributed by atoms with Gasteiger partial charge in [0.2, 0.25) is 5.91 Å². The molecule has 2 heterocycles. The zero-order valence-electron chi connectivity index (χ0n) is 11.1. The van der Waals surface area contributed by atoms with Crippen LogP contribution in [-0.2, 0) is 4.79 Å². The summed E-state index contributed by atoms with van der Waals surface area (Å²) in [6, 6.07) is 0.757.